The second kappa shape index (κ2) is 9.05. The summed E-state index contributed by atoms with van der Waals surface area (Å²) >= 11 is 1.89. The maximum Gasteiger partial charge on any atom is 0.240 e. The van der Waals surface area contributed by atoms with E-state index in [9.17, 15) is 13.2 Å². The number of anilines is 1. The number of rotatable bonds is 9. The number of benzene rings is 1. The van der Waals surface area contributed by atoms with Gasteiger partial charge in [0, 0.05) is 23.6 Å². The van der Waals surface area contributed by atoms with Gasteiger partial charge in [-0.05, 0) is 31.9 Å². The topological polar surface area (TPSA) is 84.9 Å². The Hall–Kier alpha value is -1.61. The summed E-state index contributed by atoms with van der Waals surface area (Å²) in [6, 6.07) is 4.88. The lowest BCUT2D eigenvalue weighted by molar-refractivity contribution is -0.119. The predicted octanol–water partition coefficient (Wildman–Crippen LogP) is 2.36. The van der Waals surface area contributed by atoms with Gasteiger partial charge in [0.25, 0.3) is 0 Å². The first-order valence-corrected chi connectivity index (χ1v) is 11.9. The summed E-state index contributed by atoms with van der Waals surface area (Å²) in [5.74, 6) is 1.50. The van der Waals surface area contributed by atoms with E-state index in [0.29, 0.717) is 29.0 Å². The van der Waals surface area contributed by atoms with Crippen LogP contribution in [0.5, 0.6) is 11.5 Å². The van der Waals surface area contributed by atoms with E-state index in [1.165, 1.54) is 25.7 Å². The number of carbonyl (C=O) groups excluding carboxylic acids is 1. The fourth-order valence-electron chi connectivity index (χ4n) is 3.20. The van der Waals surface area contributed by atoms with Crippen molar-refractivity contribution in [2.75, 3.05) is 35.7 Å². The molecule has 1 aliphatic carbocycles. The normalized spacial score (nSPS) is 16.5. The van der Waals surface area contributed by atoms with Crippen molar-refractivity contribution in [2.24, 2.45) is 0 Å². The molecule has 1 aliphatic heterocycles. The molecule has 0 unspecified atom stereocenters. The molecule has 1 N–H and O–H groups in total. The highest BCUT2D eigenvalue weighted by atomic mass is 32.2. The molecule has 0 radical (unpaired) electrons. The number of sulfonamides is 1. The molecule has 7 nitrogen and oxygen atoms in total. The average molecular weight is 415 g/mol. The molecule has 1 saturated carbocycles. The Morgan fingerprint density at radius 2 is 2.00 bits per heavy atom. The number of thioether (sulfide) groups is 1. The number of nitrogens with zero attached hydrogens (tertiary/aromatic N) is 1. The molecule has 150 valence electrons. The van der Waals surface area contributed by atoms with E-state index in [0.717, 1.165) is 10.1 Å². The predicted molar refractivity (Wildman–Crippen MR) is 107 cm³/mol. The second-order valence-corrected chi connectivity index (χ2v) is 10.2. The highest BCUT2D eigenvalue weighted by Crippen LogP contribution is 2.36. The van der Waals surface area contributed by atoms with Gasteiger partial charge < -0.3 is 14.8 Å². The summed E-state index contributed by atoms with van der Waals surface area (Å²) in [5, 5.41) is 3.53. The highest BCUT2D eigenvalue weighted by Gasteiger charge is 2.25. The third-order valence-corrected chi connectivity index (χ3v) is 7.84. The number of ether oxygens (including phenoxy) is 2. The van der Waals surface area contributed by atoms with Crippen LogP contribution in [0.25, 0.3) is 0 Å². The van der Waals surface area contributed by atoms with E-state index in [1.807, 2.05) is 11.8 Å². The number of hydrogen-bond acceptors (Lipinski definition) is 6. The molecule has 0 aromatic heterocycles. The van der Waals surface area contributed by atoms with Crippen molar-refractivity contribution in [3.8, 4) is 11.5 Å². The molecular formula is C18H26N2O5S2. The van der Waals surface area contributed by atoms with E-state index in [1.54, 1.807) is 25.1 Å². The first-order chi connectivity index (χ1) is 13.0. The van der Waals surface area contributed by atoms with Crippen LogP contribution in [0, 0.1) is 0 Å². The standard InChI is InChI=1S/C18H26N2O5S2/c1-2-27(22,23)20(14-7-8-16-17(11-14)25-13-24-16)12-18(21)19-9-10-26-15-5-3-4-6-15/h7-8,11,15H,2-6,9-10,12-13H2,1H3,(H,19,21). The van der Waals surface area contributed by atoms with Crippen LogP contribution in [0.3, 0.4) is 0 Å². The van der Waals surface area contributed by atoms with Crippen molar-refractivity contribution in [2.45, 2.75) is 37.9 Å². The summed E-state index contributed by atoms with van der Waals surface area (Å²) in [5.41, 5.74) is 0.400. The van der Waals surface area contributed by atoms with Crippen molar-refractivity contribution in [1.82, 2.24) is 5.32 Å². The Kier molecular flexibility index (Phi) is 6.75. The Morgan fingerprint density at radius 3 is 2.74 bits per heavy atom. The third kappa shape index (κ3) is 5.22. The maximum atomic E-state index is 12.5. The molecule has 1 aromatic carbocycles. The number of carbonyl (C=O) groups is 1. The SMILES string of the molecule is CCS(=O)(=O)N(CC(=O)NCCSC1CCCC1)c1ccc2c(c1)OCO2. The van der Waals surface area contributed by atoms with Crippen LogP contribution >= 0.6 is 11.8 Å². The summed E-state index contributed by atoms with van der Waals surface area (Å²) in [6.45, 7) is 1.97. The molecule has 2 aliphatic rings. The quantitative estimate of drug-likeness (QED) is 0.625. The van der Waals surface area contributed by atoms with E-state index in [-0.39, 0.29) is 25.0 Å². The van der Waals surface area contributed by atoms with Crippen LogP contribution in [-0.2, 0) is 14.8 Å². The fourth-order valence-corrected chi connectivity index (χ4v) is 5.48. The number of fused-ring (bicyclic) bond motifs is 1. The Labute approximate surface area is 164 Å². The van der Waals surface area contributed by atoms with Gasteiger partial charge in [-0.2, -0.15) is 11.8 Å². The molecule has 1 aromatic rings. The van der Waals surface area contributed by atoms with Crippen LogP contribution in [0.15, 0.2) is 18.2 Å². The molecular weight excluding hydrogens is 388 g/mol. The summed E-state index contributed by atoms with van der Waals surface area (Å²) in [4.78, 5) is 12.3. The molecule has 1 heterocycles. The molecule has 3 rings (SSSR count). The van der Waals surface area contributed by atoms with Gasteiger partial charge in [0.2, 0.25) is 22.7 Å². The fraction of sp³-hybridized carbons (Fsp3) is 0.611. The van der Waals surface area contributed by atoms with Crippen molar-refractivity contribution in [3.63, 3.8) is 0 Å². The molecule has 0 saturated heterocycles. The lowest BCUT2D eigenvalue weighted by atomic mass is 10.3. The lowest BCUT2D eigenvalue weighted by Crippen LogP contribution is -2.42. The maximum absolute atomic E-state index is 12.5. The Morgan fingerprint density at radius 1 is 1.26 bits per heavy atom. The van der Waals surface area contributed by atoms with Crippen LogP contribution in [-0.4, -0.2) is 51.0 Å². The van der Waals surface area contributed by atoms with Crippen molar-refractivity contribution < 1.29 is 22.7 Å². The number of hydrogen-bond donors (Lipinski definition) is 1. The summed E-state index contributed by atoms with van der Waals surface area (Å²) in [6.07, 6.45) is 5.10. The zero-order chi connectivity index (χ0) is 19.3. The Balaban J connectivity index is 1.59. The second-order valence-electron chi connectivity index (χ2n) is 6.57. The summed E-state index contributed by atoms with van der Waals surface area (Å²) < 4.78 is 36.7. The van der Waals surface area contributed by atoms with Crippen LogP contribution in [0.4, 0.5) is 5.69 Å². The van der Waals surface area contributed by atoms with Gasteiger partial charge in [0.15, 0.2) is 11.5 Å². The zero-order valence-corrected chi connectivity index (χ0v) is 17.1. The van der Waals surface area contributed by atoms with E-state index < -0.39 is 10.0 Å². The number of amides is 1. The summed E-state index contributed by atoms with van der Waals surface area (Å²) in [7, 11) is -3.60. The molecule has 0 bridgehead atoms. The largest absolute Gasteiger partial charge is 0.454 e. The minimum atomic E-state index is -3.60. The van der Waals surface area contributed by atoms with Gasteiger partial charge in [-0.3, -0.25) is 9.10 Å². The van der Waals surface area contributed by atoms with Crippen LogP contribution in [0.2, 0.25) is 0 Å². The minimum absolute atomic E-state index is 0.0910. The first-order valence-electron chi connectivity index (χ1n) is 9.28. The van der Waals surface area contributed by atoms with Crippen molar-refractivity contribution >= 4 is 33.4 Å². The van der Waals surface area contributed by atoms with Gasteiger partial charge in [-0.1, -0.05) is 12.8 Å². The van der Waals surface area contributed by atoms with Gasteiger partial charge in [0.1, 0.15) is 6.54 Å². The average Bonchev–Trinajstić information content (AvgIpc) is 3.34. The Bertz CT molecular complexity index is 763. The highest BCUT2D eigenvalue weighted by molar-refractivity contribution is 7.99. The van der Waals surface area contributed by atoms with E-state index >= 15 is 0 Å². The molecule has 9 heteroatoms. The minimum Gasteiger partial charge on any atom is -0.454 e. The van der Waals surface area contributed by atoms with E-state index in [2.05, 4.69) is 5.32 Å². The van der Waals surface area contributed by atoms with Crippen molar-refractivity contribution in [1.29, 1.82) is 0 Å². The van der Waals surface area contributed by atoms with Crippen molar-refractivity contribution in [3.05, 3.63) is 18.2 Å². The molecule has 27 heavy (non-hydrogen) atoms. The van der Waals surface area contributed by atoms with Crippen LogP contribution in [0.1, 0.15) is 32.6 Å². The smallest absolute Gasteiger partial charge is 0.240 e. The zero-order valence-electron chi connectivity index (χ0n) is 15.5. The third-order valence-electron chi connectivity index (χ3n) is 4.71. The van der Waals surface area contributed by atoms with E-state index in [4.69, 9.17) is 9.47 Å². The van der Waals surface area contributed by atoms with Gasteiger partial charge >= 0.3 is 0 Å². The monoisotopic (exact) mass is 414 g/mol. The molecule has 0 spiro atoms. The van der Waals surface area contributed by atoms with Gasteiger partial charge in [-0.25, -0.2) is 8.42 Å². The van der Waals surface area contributed by atoms with Gasteiger partial charge in [-0.15, -0.1) is 0 Å². The van der Waals surface area contributed by atoms with Crippen LogP contribution < -0.4 is 19.1 Å². The van der Waals surface area contributed by atoms with Gasteiger partial charge in [0.05, 0.1) is 11.4 Å². The molecule has 1 fully saturated rings. The first kappa shape index (κ1) is 20.1. The number of nitrogens with one attached hydrogen (secondary N) is 1. The molecule has 1 amide bonds. The lowest BCUT2D eigenvalue weighted by Gasteiger charge is -2.23. The molecule has 0 atom stereocenters.